The molecule has 2 rings (SSSR count). The van der Waals surface area contributed by atoms with Crippen LogP contribution in [0.15, 0.2) is 35.7 Å². The van der Waals surface area contributed by atoms with Crippen molar-refractivity contribution in [1.29, 1.82) is 0 Å². The second-order valence-electron chi connectivity index (χ2n) is 4.53. The highest BCUT2D eigenvalue weighted by Gasteiger charge is 2.21. The molecule has 0 saturated carbocycles. The lowest BCUT2D eigenvalue weighted by Gasteiger charge is -2.11. The van der Waals surface area contributed by atoms with Crippen LogP contribution in [-0.4, -0.2) is 11.1 Å². The van der Waals surface area contributed by atoms with Crippen LogP contribution >= 0.6 is 11.3 Å². The molecule has 0 spiro atoms. The van der Waals surface area contributed by atoms with Crippen molar-refractivity contribution in [3.63, 3.8) is 0 Å². The van der Waals surface area contributed by atoms with E-state index in [-0.39, 0.29) is 0 Å². The quantitative estimate of drug-likeness (QED) is 0.908. The number of aryl methyl sites for hydroxylation is 2. The Labute approximate surface area is 111 Å². The minimum atomic E-state index is -0.754. The van der Waals surface area contributed by atoms with Crippen molar-refractivity contribution < 1.29 is 9.90 Å². The van der Waals surface area contributed by atoms with Gasteiger partial charge in [-0.3, -0.25) is 4.79 Å². The van der Waals surface area contributed by atoms with E-state index in [4.69, 9.17) is 0 Å². The smallest absolute Gasteiger partial charge is 0.312 e. The molecule has 1 heterocycles. The zero-order valence-corrected chi connectivity index (χ0v) is 11.3. The number of hydrogen-bond acceptors (Lipinski definition) is 2. The van der Waals surface area contributed by atoms with Crippen LogP contribution in [0.3, 0.4) is 0 Å². The molecular weight excluding hydrogens is 244 g/mol. The highest BCUT2D eigenvalue weighted by atomic mass is 32.1. The van der Waals surface area contributed by atoms with E-state index in [2.05, 4.69) is 26.0 Å². The monoisotopic (exact) mass is 260 g/mol. The Bertz CT molecular complexity index is 544. The Morgan fingerprint density at radius 3 is 2.61 bits per heavy atom. The molecule has 0 fully saturated rings. The summed E-state index contributed by atoms with van der Waals surface area (Å²) in [6, 6.07) is 9.95. The van der Waals surface area contributed by atoms with Crippen molar-refractivity contribution in [3.05, 3.63) is 57.3 Å². The van der Waals surface area contributed by atoms with Crippen molar-refractivity contribution in [2.24, 2.45) is 0 Å². The van der Waals surface area contributed by atoms with E-state index >= 15 is 0 Å². The topological polar surface area (TPSA) is 37.3 Å². The lowest BCUT2D eigenvalue weighted by Crippen LogP contribution is -2.13. The summed E-state index contributed by atoms with van der Waals surface area (Å²) in [5.41, 5.74) is 3.53. The fourth-order valence-electron chi connectivity index (χ4n) is 1.97. The molecule has 1 aromatic heterocycles. The molecular formula is C15H16O2S. The van der Waals surface area contributed by atoms with Crippen LogP contribution in [0.5, 0.6) is 0 Å². The maximum Gasteiger partial charge on any atom is 0.312 e. The van der Waals surface area contributed by atoms with Gasteiger partial charge in [0.25, 0.3) is 0 Å². The fraction of sp³-hybridized carbons (Fsp3) is 0.267. The number of carbonyl (C=O) groups is 1. The molecule has 0 aliphatic carbocycles. The maximum atomic E-state index is 11.4. The van der Waals surface area contributed by atoms with Gasteiger partial charge in [-0.05, 0) is 48.4 Å². The molecule has 3 heteroatoms. The van der Waals surface area contributed by atoms with Crippen LogP contribution < -0.4 is 0 Å². The Balaban J connectivity index is 2.24. The van der Waals surface area contributed by atoms with Gasteiger partial charge in [0.2, 0.25) is 0 Å². The highest BCUT2D eigenvalue weighted by molar-refractivity contribution is 7.10. The molecule has 0 amide bonds. The third-order valence-electron chi connectivity index (χ3n) is 3.20. The number of carboxylic acids is 1. The van der Waals surface area contributed by atoms with Crippen LogP contribution in [0.1, 0.15) is 27.5 Å². The van der Waals surface area contributed by atoms with Gasteiger partial charge in [0.05, 0.1) is 5.92 Å². The lowest BCUT2D eigenvalue weighted by atomic mass is 9.95. The van der Waals surface area contributed by atoms with Gasteiger partial charge < -0.3 is 5.11 Å². The number of aliphatic carboxylic acids is 1. The van der Waals surface area contributed by atoms with Crippen molar-refractivity contribution in [1.82, 2.24) is 0 Å². The van der Waals surface area contributed by atoms with Crippen LogP contribution in [-0.2, 0) is 11.2 Å². The zero-order chi connectivity index (χ0) is 13.1. The number of rotatable bonds is 4. The maximum absolute atomic E-state index is 11.4. The minimum absolute atomic E-state index is 0.438. The average Bonchev–Trinajstić information content (AvgIpc) is 2.83. The molecule has 1 atom stereocenters. The normalized spacial score (nSPS) is 12.3. The van der Waals surface area contributed by atoms with Crippen molar-refractivity contribution in [3.8, 4) is 0 Å². The Hall–Kier alpha value is -1.61. The lowest BCUT2D eigenvalue weighted by molar-refractivity contribution is -0.138. The second-order valence-corrected chi connectivity index (χ2v) is 5.51. The number of thiophene rings is 1. The van der Waals surface area contributed by atoms with Crippen LogP contribution in [0.25, 0.3) is 0 Å². The molecule has 1 aromatic carbocycles. The van der Waals surface area contributed by atoms with E-state index in [1.165, 1.54) is 22.5 Å². The van der Waals surface area contributed by atoms with Gasteiger partial charge in [0, 0.05) is 4.88 Å². The molecule has 1 unspecified atom stereocenters. The predicted octanol–water partition coefficient (Wildman–Crippen LogP) is 3.78. The van der Waals surface area contributed by atoms with E-state index in [1.54, 1.807) is 0 Å². The molecule has 94 valence electrons. The van der Waals surface area contributed by atoms with Gasteiger partial charge in [-0.1, -0.05) is 24.3 Å². The largest absolute Gasteiger partial charge is 0.481 e. The first kappa shape index (κ1) is 12.8. The predicted molar refractivity (Wildman–Crippen MR) is 74.3 cm³/mol. The molecule has 0 aliphatic rings. The molecule has 2 nitrogen and oxygen atoms in total. The van der Waals surface area contributed by atoms with Gasteiger partial charge >= 0.3 is 5.97 Å². The Morgan fingerprint density at radius 2 is 2.06 bits per heavy atom. The first-order valence-corrected chi connectivity index (χ1v) is 6.78. The Morgan fingerprint density at radius 1 is 1.28 bits per heavy atom. The van der Waals surface area contributed by atoms with Crippen LogP contribution in [0.4, 0.5) is 0 Å². The van der Waals surface area contributed by atoms with E-state index in [1.807, 2.05) is 23.6 Å². The minimum Gasteiger partial charge on any atom is -0.481 e. The first-order valence-electron chi connectivity index (χ1n) is 5.90. The first-order chi connectivity index (χ1) is 8.58. The van der Waals surface area contributed by atoms with Crippen LogP contribution in [0, 0.1) is 13.8 Å². The van der Waals surface area contributed by atoms with Gasteiger partial charge in [0.1, 0.15) is 0 Å². The van der Waals surface area contributed by atoms with E-state index in [9.17, 15) is 9.90 Å². The summed E-state index contributed by atoms with van der Waals surface area (Å²) < 4.78 is 0. The second kappa shape index (κ2) is 5.36. The standard InChI is InChI=1S/C15H16O2S/c1-10-5-6-12(8-11(10)2)9-13(15(16)17)14-4-3-7-18-14/h3-8,13H,9H2,1-2H3,(H,16,17). The fourth-order valence-corrected chi connectivity index (χ4v) is 2.79. The van der Waals surface area contributed by atoms with E-state index in [0.717, 1.165) is 10.4 Å². The number of hydrogen-bond donors (Lipinski definition) is 1. The summed E-state index contributed by atoms with van der Waals surface area (Å²) in [5.74, 6) is -1.19. The average molecular weight is 260 g/mol. The van der Waals surface area contributed by atoms with Gasteiger partial charge in [-0.15, -0.1) is 11.3 Å². The SMILES string of the molecule is Cc1ccc(CC(C(=O)O)c2cccs2)cc1C. The van der Waals surface area contributed by atoms with E-state index < -0.39 is 11.9 Å². The summed E-state index contributed by atoms with van der Waals surface area (Å²) in [6.45, 7) is 4.12. The van der Waals surface area contributed by atoms with Gasteiger partial charge in [-0.25, -0.2) is 0 Å². The number of benzene rings is 1. The Kier molecular flexibility index (Phi) is 3.82. The molecule has 0 aliphatic heterocycles. The summed E-state index contributed by atoms with van der Waals surface area (Å²) in [4.78, 5) is 12.3. The van der Waals surface area contributed by atoms with Crippen LogP contribution in [0.2, 0.25) is 0 Å². The molecule has 0 bridgehead atoms. The summed E-state index contributed by atoms with van der Waals surface area (Å²) in [5, 5.41) is 11.3. The molecule has 1 N–H and O–H groups in total. The molecule has 0 radical (unpaired) electrons. The van der Waals surface area contributed by atoms with Crippen molar-refractivity contribution in [2.75, 3.05) is 0 Å². The number of carboxylic acid groups (broad SMARTS) is 1. The molecule has 2 aromatic rings. The zero-order valence-electron chi connectivity index (χ0n) is 10.5. The third kappa shape index (κ3) is 2.79. The summed E-state index contributed by atoms with van der Waals surface area (Å²) in [7, 11) is 0. The summed E-state index contributed by atoms with van der Waals surface area (Å²) in [6.07, 6.45) is 0.553. The highest BCUT2D eigenvalue weighted by Crippen LogP contribution is 2.26. The third-order valence-corrected chi connectivity index (χ3v) is 4.18. The molecule has 0 saturated heterocycles. The summed E-state index contributed by atoms with van der Waals surface area (Å²) >= 11 is 1.51. The van der Waals surface area contributed by atoms with Gasteiger partial charge in [0.15, 0.2) is 0 Å². The van der Waals surface area contributed by atoms with E-state index in [0.29, 0.717) is 6.42 Å². The van der Waals surface area contributed by atoms with Crippen molar-refractivity contribution in [2.45, 2.75) is 26.2 Å². The molecule has 18 heavy (non-hydrogen) atoms. The van der Waals surface area contributed by atoms with Gasteiger partial charge in [-0.2, -0.15) is 0 Å². The van der Waals surface area contributed by atoms with Crippen molar-refractivity contribution >= 4 is 17.3 Å².